The summed E-state index contributed by atoms with van der Waals surface area (Å²) in [5.41, 5.74) is 0.770. The first-order chi connectivity index (χ1) is 7.31. The average molecular weight is 224 g/mol. The number of nitrogens with one attached hydrogen (secondary N) is 1. The Kier molecular flexibility index (Phi) is 2.87. The van der Waals surface area contributed by atoms with E-state index in [2.05, 4.69) is 15.5 Å². The molecule has 1 heterocycles. The SMILES string of the molecule is CCNc1nc(-c2ccccc2Cl)no1. The fourth-order valence-corrected chi connectivity index (χ4v) is 1.42. The second-order valence-corrected chi connectivity index (χ2v) is 3.34. The Morgan fingerprint density at radius 3 is 2.93 bits per heavy atom. The predicted octanol–water partition coefficient (Wildman–Crippen LogP) is 2.82. The molecule has 2 rings (SSSR count). The normalized spacial score (nSPS) is 10.3. The van der Waals surface area contributed by atoms with E-state index in [0.29, 0.717) is 16.9 Å². The molecule has 0 unspecified atom stereocenters. The van der Waals surface area contributed by atoms with Crippen molar-refractivity contribution in [1.29, 1.82) is 0 Å². The molecule has 0 amide bonds. The maximum Gasteiger partial charge on any atom is 0.321 e. The van der Waals surface area contributed by atoms with Crippen molar-refractivity contribution in [2.75, 3.05) is 11.9 Å². The molecular formula is C10H10ClN3O. The zero-order valence-electron chi connectivity index (χ0n) is 8.20. The minimum atomic E-state index is 0.410. The van der Waals surface area contributed by atoms with Crippen LogP contribution in [-0.4, -0.2) is 16.7 Å². The van der Waals surface area contributed by atoms with Gasteiger partial charge in [-0.2, -0.15) is 4.98 Å². The highest BCUT2D eigenvalue weighted by atomic mass is 35.5. The fraction of sp³-hybridized carbons (Fsp3) is 0.200. The first-order valence-electron chi connectivity index (χ1n) is 4.63. The molecule has 1 aromatic carbocycles. The molecule has 0 aliphatic rings. The highest BCUT2D eigenvalue weighted by Gasteiger charge is 2.10. The molecular weight excluding hydrogens is 214 g/mol. The number of hydrogen-bond donors (Lipinski definition) is 1. The number of anilines is 1. The lowest BCUT2D eigenvalue weighted by Crippen LogP contribution is -1.95. The molecule has 4 nitrogen and oxygen atoms in total. The Balaban J connectivity index is 2.33. The zero-order chi connectivity index (χ0) is 10.7. The average Bonchev–Trinajstić information content (AvgIpc) is 2.68. The fourth-order valence-electron chi connectivity index (χ4n) is 1.20. The van der Waals surface area contributed by atoms with Crippen molar-refractivity contribution in [3.05, 3.63) is 29.3 Å². The molecule has 0 spiro atoms. The topological polar surface area (TPSA) is 51.0 Å². The molecule has 0 radical (unpaired) electrons. The molecule has 1 aromatic heterocycles. The van der Waals surface area contributed by atoms with Crippen molar-refractivity contribution < 1.29 is 4.52 Å². The zero-order valence-corrected chi connectivity index (χ0v) is 8.95. The monoisotopic (exact) mass is 223 g/mol. The summed E-state index contributed by atoms with van der Waals surface area (Å²) in [5, 5.41) is 7.38. The Morgan fingerprint density at radius 1 is 1.40 bits per heavy atom. The van der Waals surface area contributed by atoms with E-state index in [4.69, 9.17) is 16.1 Å². The third-order valence-corrected chi connectivity index (χ3v) is 2.20. The Morgan fingerprint density at radius 2 is 2.20 bits per heavy atom. The highest BCUT2D eigenvalue weighted by Crippen LogP contribution is 2.25. The van der Waals surface area contributed by atoms with Crippen LogP contribution in [0.4, 0.5) is 6.01 Å². The van der Waals surface area contributed by atoms with Gasteiger partial charge in [0.1, 0.15) is 0 Å². The molecule has 2 aromatic rings. The summed E-state index contributed by atoms with van der Waals surface area (Å²) in [5.74, 6) is 0.497. The Labute approximate surface area is 92.3 Å². The second-order valence-electron chi connectivity index (χ2n) is 2.93. The van der Waals surface area contributed by atoms with Gasteiger partial charge in [0.15, 0.2) is 0 Å². The van der Waals surface area contributed by atoms with Crippen LogP contribution in [0.5, 0.6) is 0 Å². The summed E-state index contributed by atoms with van der Waals surface area (Å²) < 4.78 is 4.98. The van der Waals surface area contributed by atoms with Crippen molar-refractivity contribution in [3.8, 4) is 11.4 Å². The van der Waals surface area contributed by atoms with Gasteiger partial charge in [0.2, 0.25) is 5.82 Å². The van der Waals surface area contributed by atoms with Crippen LogP contribution in [-0.2, 0) is 0 Å². The second kappa shape index (κ2) is 4.31. The Hall–Kier alpha value is -1.55. The first kappa shape index (κ1) is 9.98. The third-order valence-electron chi connectivity index (χ3n) is 1.87. The summed E-state index contributed by atoms with van der Waals surface area (Å²) in [6.07, 6.45) is 0. The van der Waals surface area contributed by atoms with Gasteiger partial charge >= 0.3 is 6.01 Å². The molecule has 1 N–H and O–H groups in total. The van der Waals surface area contributed by atoms with E-state index in [1.165, 1.54) is 0 Å². The Bertz CT molecular complexity index is 455. The maximum absolute atomic E-state index is 6.00. The molecule has 0 aliphatic carbocycles. The van der Waals surface area contributed by atoms with E-state index < -0.39 is 0 Å². The van der Waals surface area contributed by atoms with Crippen LogP contribution in [0.1, 0.15) is 6.92 Å². The third kappa shape index (κ3) is 2.10. The summed E-state index contributed by atoms with van der Waals surface area (Å²) in [6, 6.07) is 7.79. The quantitative estimate of drug-likeness (QED) is 0.870. The largest absolute Gasteiger partial charge is 0.338 e. The maximum atomic E-state index is 6.00. The lowest BCUT2D eigenvalue weighted by atomic mass is 10.2. The number of benzene rings is 1. The van der Waals surface area contributed by atoms with Gasteiger partial charge < -0.3 is 9.84 Å². The van der Waals surface area contributed by atoms with E-state index in [9.17, 15) is 0 Å². The van der Waals surface area contributed by atoms with Gasteiger partial charge in [0, 0.05) is 12.1 Å². The molecule has 78 valence electrons. The summed E-state index contributed by atoms with van der Waals surface area (Å²) in [6.45, 7) is 2.70. The van der Waals surface area contributed by atoms with E-state index in [0.717, 1.165) is 12.1 Å². The molecule has 15 heavy (non-hydrogen) atoms. The van der Waals surface area contributed by atoms with E-state index in [1.807, 2.05) is 25.1 Å². The van der Waals surface area contributed by atoms with E-state index in [-0.39, 0.29) is 0 Å². The molecule has 0 atom stereocenters. The molecule has 0 aliphatic heterocycles. The van der Waals surface area contributed by atoms with Crippen molar-refractivity contribution in [1.82, 2.24) is 10.1 Å². The van der Waals surface area contributed by atoms with Crippen LogP contribution in [0.2, 0.25) is 5.02 Å². The standard InChI is InChI=1S/C10H10ClN3O/c1-2-12-10-13-9(14-15-10)7-5-3-4-6-8(7)11/h3-6H,2H2,1H3,(H,12,13,14). The van der Waals surface area contributed by atoms with Gasteiger partial charge in [-0.1, -0.05) is 28.9 Å². The van der Waals surface area contributed by atoms with Gasteiger partial charge in [0.25, 0.3) is 0 Å². The van der Waals surface area contributed by atoms with Crippen molar-refractivity contribution in [2.45, 2.75) is 6.92 Å². The number of aromatic nitrogens is 2. The molecule has 0 saturated carbocycles. The van der Waals surface area contributed by atoms with Crippen LogP contribution in [0.25, 0.3) is 11.4 Å². The van der Waals surface area contributed by atoms with Crippen LogP contribution in [0, 0.1) is 0 Å². The molecule has 0 bridgehead atoms. The van der Waals surface area contributed by atoms with Crippen molar-refractivity contribution in [3.63, 3.8) is 0 Å². The van der Waals surface area contributed by atoms with Crippen LogP contribution in [0.3, 0.4) is 0 Å². The van der Waals surface area contributed by atoms with Crippen molar-refractivity contribution >= 4 is 17.6 Å². The van der Waals surface area contributed by atoms with Gasteiger partial charge in [0.05, 0.1) is 5.02 Å². The van der Waals surface area contributed by atoms with Gasteiger partial charge in [-0.15, -0.1) is 0 Å². The van der Waals surface area contributed by atoms with Gasteiger partial charge in [-0.05, 0) is 19.1 Å². The van der Waals surface area contributed by atoms with Gasteiger partial charge in [-0.3, -0.25) is 0 Å². The number of nitrogens with zero attached hydrogens (tertiary/aromatic N) is 2. The summed E-state index contributed by atoms with van der Waals surface area (Å²) in [4.78, 5) is 4.16. The number of rotatable bonds is 3. The number of hydrogen-bond acceptors (Lipinski definition) is 4. The summed E-state index contributed by atoms with van der Waals surface area (Å²) >= 11 is 6.00. The van der Waals surface area contributed by atoms with Crippen molar-refractivity contribution in [2.24, 2.45) is 0 Å². The minimum absolute atomic E-state index is 0.410. The molecule has 0 saturated heterocycles. The van der Waals surface area contributed by atoms with E-state index in [1.54, 1.807) is 6.07 Å². The lowest BCUT2D eigenvalue weighted by molar-refractivity contribution is 0.432. The predicted molar refractivity (Wildman–Crippen MR) is 58.9 cm³/mol. The number of halogens is 1. The van der Waals surface area contributed by atoms with Gasteiger partial charge in [-0.25, -0.2) is 0 Å². The minimum Gasteiger partial charge on any atom is -0.338 e. The molecule has 5 heteroatoms. The van der Waals surface area contributed by atoms with Crippen LogP contribution in [0.15, 0.2) is 28.8 Å². The van der Waals surface area contributed by atoms with Crippen LogP contribution >= 0.6 is 11.6 Å². The lowest BCUT2D eigenvalue weighted by Gasteiger charge is -1.96. The van der Waals surface area contributed by atoms with E-state index >= 15 is 0 Å². The van der Waals surface area contributed by atoms with Crippen LogP contribution < -0.4 is 5.32 Å². The molecule has 0 fully saturated rings. The first-order valence-corrected chi connectivity index (χ1v) is 5.01. The summed E-state index contributed by atoms with van der Waals surface area (Å²) in [7, 11) is 0. The highest BCUT2D eigenvalue weighted by molar-refractivity contribution is 6.33. The smallest absolute Gasteiger partial charge is 0.321 e.